The van der Waals surface area contributed by atoms with Crippen LogP contribution in [-0.2, 0) is 23.5 Å². The molecule has 0 fully saturated rings. The van der Waals surface area contributed by atoms with Crippen LogP contribution in [-0.4, -0.2) is 33.4 Å². The lowest BCUT2D eigenvalue weighted by molar-refractivity contribution is 0.183. The fourth-order valence-corrected chi connectivity index (χ4v) is 3.88. The molecule has 0 saturated heterocycles. The number of thioether (sulfide) groups is 1. The minimum Gasteiger partial charge on any atom is -0.383 e. The molecule has 9 heteroatoms. The highest BCUT2D eigenvalue weighted by Crippen LogP contribution is 2.23. The van der Waals surface area contributed by atoms with Gasteiger partial charge in [0.2, 0.25) is 5.89 Å². The summed E-state index contributed by atoms with van der Waals surface area (Å²) in [7, 11) is 1.61. The summed E-state index contributed by atoms with van der Waals surface area (Å²) in [5, 5.41) is 5.22. The predicted octanol–water partition coefficient (Wildman–Crippen LogP) is 4.07. The van der Waals surface area contributed by atoms with Gasteiger partial charge in [-0.1, -0.05) is 46.7 Å². The molecular formula is C19H23BrN4O3S. The van der Waals surface area contributed by atoms with E-state index in [1.165, 1.54) is 11.8 Å². The van der Waals surface area contributed by atoms with Crippen molar-refractivity contribution in [2.45, 2.75) is 44.1 Å². The van der Waals surface area contributed by atoms with Gasteiger partial charge in [0, 0.05) is 18.0 Å². The Hall–Kier alpha value is -1.71. The number of benzene rings is 1. The molecule has 2 aromatic heterocycles. The van der Waals surface area contributed by atoms with Gasteiger partial charge in [0.1, 0.15) is 0 Å². The van der Waals surface area contributed by atoms with Crippen molar-refractivity contribution < 1.29 is 9.26 Å². The number of fused-ring (bicyclic) bond motifs is 1. The van der Waals surface area contributed by atoms with Crippen LogP contribution in [0.15, 0.2) is 37.1 Å². The van der Waals surface area contributed by atoms with E-state index in [0.29, 0.717) is 46.8 Å². The second-order valence-electron chi connectivity index (χ2n) is 6.83. The Balaban J connectivity index is 1.83. The maximum Gasteiger partial charge on any atom is 0.262 e. The topological polar surface area (TPSA) is 83.0 Å². The van der Waals surface area contributed by atoms with Crippen molar-refractivity contribution in [2.24, 2.45) is 5.92 Å². The lowest BCUT2D eigenvalue weighted by atomic mass is 10.1. The molecule has 0 N–H and O–H groups in total. The zero-order valence-electron chi connectivity index (χ0n) is 16.1. The first-order valence-corrected chi connectivity index (χ1v) is 10.9. The van der Waals surface area contributed by atoms with E-state index < -0.39 is 0 Å². The average Bonchev–Trinajstić information content (AvgIpc) is 3.12. The monoisotopic (exact) mass is 466 g/mol. The molecule has 0 radical (unpaired) electrons. The normalized spacial score (nSPS) is 11.6. The minimum atomic E-state index is -0.0889. The van der Waals surface area contributed by atoms with Gasteiger partial charge >= 0.3 is 0 Å². The number of halogens is 1. The summed E-state index contributed by atoms with van der Waals surface area (Å²) < 4.78 is 13.0. The molecule has 0 unspecified atom stereocenters. The first kappa shape index (κ1) is 21.0. The van der Waals surface area contributed by atoms with Gasteiger partial charge in [-0.2, -0.15) is 4.98 Å². The number of ether oxygens (including phenoxy) is 1. The smallest absolute Gasteiger partial charge is 0.262 e. The average molecular weight is 467 g/mol. The molecule has 0 saturated carbocycles. The van der Waals surface area contributed by atoms with Crippen LogP contribution in [0.25, 0.3) is 10.9 Å². The zero-order valence-corrected chi connectivity index (χ0v) is 18.5. The minimum absolute atomic E-state index is 0.0889. The van der Waals surface area contributed by atoms with Crippen molar-refractivity contribution in [1.29, 1.82) is 0 Å². The molecule has 150 valence electrons. The number of hydrogen-bond acceptors (Lipinski definition) is 7. The zero-order chi connectivity index (χ0) is 20.1. The quantitative estimate of drug-likeness (QED) is 0.347. The number of aryl methyl sites for hydroxylation is 1. The highest BCUT2D eigenvalue weighted by Gasteiger charge is 2.14. The van der Waals surface area contributed by atoms with Crippen LogP contribution in [0.2, 0.25) is 0 Å². The largest absolute Gasteiger partial charge is 0.383 e. The second-order valence-corrected chi connectivity index (χ2v) is 8.69. The fourth-order valence-electron chi connectivity index (χ4n) is 2.66. The van der Waals surface area contributed by atoms with Crippen LogP contribution >= 0.6 is 27.7 Å². The van der Waals surface area contributed by atoms with Crippen LogP contribution in [0.5, 0.6) is 0 Å². The number of rotatable bonds is 9. The molecule has 7 nitrogen and oxygen atoms in total. The second kappa shape index (κ2) is 9.67. The van der Waals surface area contributed by atoms with Crippen molar-refractivity contribution in [2.75, 3.05) is 13.7 Å². The Morgan fingerprint density at radius 1 is 1.32 bits per heavy atom. The first-order chi connectivity index (χ1) is 13.5. The predicted molar refractivity (Wildman–Crippen MR) is 113 cm³/mol. The number of methoxy groups -OCH3 is 1. The molecule has 3 aromatic rings. The highest BCUT2D eigenvalue weighted by molar-refractivity contribution is 9.10. The summed E-state index contributed by atoms with van der Waals surface area (Å²) in [5.41, 5.74) is 0.571. The molecular weight excluding hydrogens is 444 g/mol. The number of hydrogen-bond donors (Lipinski definition) is 0. The molecule has 0 aliphatic carbocycles. The van der Waals surface area contributed by atoms with E-state index in [2.05, 4.69) is 44.9 Å². The third kappa shape index (κ3) is 5.21. The molecule has 28 heavy (non-hydrogen) atoms. The molecule has 0 atom stereocenters. The molecule has 0 spiro atoms. The molecule has 0 amide bonds. The van der Waals surface area contributed by atoms with E-state index in [-0.39, 0.29) is 5.56 Å². The lowest BCUT2D eigenvalue weighted by Gasteiger charge is -2.12. The standard InChI is InChI=1S/C19H23BrN4O3S/c1-12(2)4-7-16-22-17(27-23-16)11-28-19-21-15-6-5-13(20)10-14(15)18(25)24(19)8-9-26-3/h5-6,10,12H,4,7-9,11H2,1-3H3. The lowest BCUT2D eigenvalue weighted by Crippen LogP contribution is -2.25. The van der Waals surface area contributed by atoms with Crippen LogP contribution in [0.1, 0.15) is 32.0 Å². The van der Waals surface area contributed by atoms with Gasteiger partial charge in [0.15, 0.2) is 11.0 Å². The number of aromatic nitrogens is 4. The molecule has 0 bridgehead atoms. The van der Waals surface area contributed by atoms with Gasteiger partial charge in [-0.25, -0.2) is 4.98 Å². The summed E-state index contributed by atoms with van der Waals surface area (Å²) in [6.45, 7) is 5.19. The molecule has 1 aromatic carbocycles. The Labute approximate surface area is 176 Å². The summed E-state index contributed by atoms with van der Waals surface area (Å²) >= 11 is 4.82. The third-order valence-corrected chi connectivity index (χ3v) is 5.63. The van der Waals surface area contributed by atoms with Crippen LogP contribution in [0.3, 0.4) is 0 Å². The van der Waals surface area contributed by atoms with E-state index >= 15 is 0 Å². The van der Waals surface area contributed by atoms with Gasteiger partial charge in [-0.05, 0) is 30.5 Å². The summed E-state index contributed by atoms with van der Waals surface area (Å²) in [6.07, 6.45) is 1.82. The highest BCUT2D eigenvalue weighted by atomic mass is 79.9. The molecule has 0 aliphatic rings. The maximum atomic E-state index is 13.0. The van der Waals surface area contributed by atoms with Crippen molar-refractivity contribution in [3.05, 3.63) is 44.7 Å². The van der Waals surface area contributed by atoms with Gasteiger partial charge in [-0.3, -0.25) is 9.36 Å². The number of nitrogens with zero attached hydrogens (tertiary/aromatic N) is 4. The Kier molecular flexibility index (Phi) is 7.25. The summed E-state index contributed by atoms with van der Waals surface area (Å²) in [6, 6.07) is 5.51. The van der Waals surface area contributed by atoms with Crippen molar-refractivity contribution >= 4 is 38.6 Å². The third-order valence-electron chi connectivity index (χ3n) is 4.18. The van der Waals surface area contributed by atoms with Gasteiger partial charge in [0.25, 0.3) is 5.56 Å². The van der Waals surface area contributed by atoms with Crippen LogP contribution < -0.4 is 5.56 Å². The molecule has 2 heterocycles. The van der Waals surface area contributed by atoms with E-state index in [0.717, 1.165) is 23.1 Å². The Morgan fingerprint density at radius 2 is 2.14 bits per heavy atom. The molecule has 3 rings (SSSR count). The van der Waals surface area contributed by atoms with Crippen molar-refractivity contribution in [1.82, 2.24) is 19.7 Å². The van der Waals surface area contributed by atoms with E-state index in [1.54, 1.807) is 17.7 Å². The first-order valence-electron chi connectivity index (χ1n) is 9.11. The van der Waals surface area contributed by atoms with E-state index in [4.69, 9.17) is 9.26 Å². The van der Waals surface area contributed by atoms with Gasteiger partial charge in [-0.15, -0.1) is 0 Å². The fraction of sp³-hybridized carbons (Fsp3) is 0.474. The van der Waals surface area contributed by atoms with E-state index in [1.807, 2.05) is 12.1 Å². The van der Waals surface area contributed by atoms with Crippen molar-refractivity contribution in [3.8, 4) is 0 Å². The maximum absolute atomic E-state index is 13.0. The van der Waals surface area contributed by atoms with Crippen LogP contribution in [0.4, 0.5) is 0 Å². The summed E-state index contributed by atoms with van der Waals surface area (Å²) in [4.78, 5) is 22.1. The van der Waals surface area contributed by atoms with Crippen LogP contribution in [0, 0.1) is 5.92 Å². The SMILES string of the molecule is COCCn1c(SCc2nc(CCC(C)C)no2)nc2ccc(Br)cc2c1=O. The van der Waals surface area contributed by atoms with Gasteiger partial charge in [0.05, 0.1) is 29.8 Å². The summed E-state index contributed by atoms with van der Waals surface area (Å²) in [5.74, 6) is 2.30. The van der Waals surface area contributed by atoms with E-state index in [9.17, 15) is 4.79 Å². The Morgan fingerprint density at radius 3 is 2.89 bits per heavy atom. The molecule has 0 aliphatic heterocycles. The van der Waals surface area contributed by atoms with Gasteiger partial charge < -0.3 is 9.26 Å². The Bertz CT molecular complexity index is 1000. The van der Waals surface area contributed by atoms with Crippen molar-refractivity contribution in [3.63, 3.8) is 0 Å².